The predicted octanol–water partition coefficient (Wildman–Crippen LogP) is 2.98. The maximum Gasteiger partial charge on any atom is 0.338 e. The minimum Gasteiger partial charge on any atom is -0.370 e. The number of hydroxylamine groups is 2. The third kappa shape index (κ3) is 4.15. The molecule has 0 radical (unpaired) electrons. The molecule has 116 valence electrons. The standard InChI is InChI=1S/C15H21FN2O3/c1-10(18(20)15(17)19)2-7-13-8-9-14(21-13)11-3-5-12(16)6-4-11/h3-6,10,13-14,20H,2,7-9H2,1H3,(H2,17,19)/t10-,13+,14?/m0/s1. The molecule has 0 spiro atoms. The number of nitrogens with two attached hydrogens (primary N) is 1. The normalized spacial score (nSPS) is 23.0. The fraction of sp³-hybridized carbons (Fsp3) is 0.533. The molecule has 1 saturated heterocycles. The fourth-order valence-electron chi connectivity index (χ4n) is 2.61. The van der Waals surface area contributed by atoms with Crippen molar-refractivity contribution in [1.82, 2.24) is 5.06 Å². The van der Waals surface area contributed by atoms with Crippen molar-refractivity contribution in [2.24, 2.45) is 5.73 Å². The molecule has 1 heterocycles. The molecule has 6 heteroatoms. The number of urea groups is 1. The van der Waals surface area contributed by atoms with E-state index in [4.69, 9.17) is 10.5 Å². The fourth-order valence-corrected chi connectivity index (χ4v) is 2.61. The highest BCUT2D eigenvalue weighted by atomic mass is 19.1. The van der Waals surface area contributed by atoms with Crippen LogP contribution in [-0.2, 0) is 4.74 Å². The largest absolute Gasteiger partial charge is 0.370 e. The lowest BCUT2D eigenvalue weighted by Gasteiger charge is -2.22. The molecule has 2 rings (SSSR count). The molecule has 1 aliphatic rings. The number of hydrogen-bond donors (Lipinski definition) is 2. The third-order valence-electron chi connectivity index (χ3n) is 3.90. The van der Waals surface area contributed by atoms with E-state index < -0.39 is 6.03 Å². The molecule has 3 N–H and O–H groups in total. The molecule has 3 atom stereocenters. The number of hydrogen-bond acceptors (Lipinski definition) is 3. The lowest BCUT2D eigenvalue weighted by atomic mass is 10.0. The van der Waals surface area contributed by atoms with Crippen molar-refractivity contribution >= 4 is 6.03 Å². The minimum atomic E-state index is -0.848. The second kappa shape index (κ2) is 6.87. The molecule has 1 unspecified atom stereocenters. The van der Waals surface area contributed by atoms with Gasteiger partial charge in [-0.05, 0) is 50.3 Å². The first kappa shape index (κ1) is 15.7. The van der Waals surface area contributed by atoms with E-state index in [0.717, 1.165) is 24.8 Å². The van der Waals surface area contributed by atoms with Crippen LogP contribution in [0.3, 0.4) is 0 Å². The summed E-state index contributed by atoms with van der Waals surface area (Å²) in [5.41, 5.74) is 5.99. The zero-order valence-electron chi connectivity index (χ0n) is 12.0. The van der Waals surface area contributed by atoms with Gasteiger partial charge in [0.1, 0.15) is 5.82 Å². The Balaban J connectivity index is 1.80. The Hall–Kier alpha value is -1.66. The van der Waals surface area contributed by atoms with Gasteiger partial charge in [0.15, 0.2) is 0 Å². The van der Waals surface area contributed by atoms with Crippen LogP contribution in [0, 0.1) is 5.82 Å². The Kier molecular flexibility index (Phi) is 5.14. The lowest BCUT2D eigenvalue weighted by Crippen LogP contribution is -2.39. The van der Waals surface area contributed by atoms with Gasteiger partial charge in [0, 0.05) is 0 Å². The van der Waals surface area contributed by atoms with E-state index in [2.05, 4.69) is 0 Å². The number of amides is 2. The second-order valence-corrected chi connectivity index (χ2v) is 5.48. The molecule has 0 aliphatic carbocycles. The number of primary amides is 1. The van der Waals surface area contributed by atoms with Gasteiger partial charge in [-0.2, -0.15) is 0 Å². The Morgan fingerprint density at radius 1 is 1.48 bits per heavy atom. The summed E-state index contributed by atoms with van der Waals surface area (Å²) in [6.07, 6.45) is 3.24. The Labute approximate surface area is 123 Å². The molecule has 1 aromatic carbocycles. The van der Waals surface area contributed by atoms with E-state index in [9.17, 15) is 14.4 Å². The molecule has 1 fully saturated rings. The average molecular weight is 296 g/mol. The maximum absolute atomic E-state index is 12.9. The van der Waals surface area contributed by atoms with Gasteiger partial charge in [0.25, 0.3) is 0 Å². The van der Waals surface area contributed by atoms with E-state index in [1.54, 1.807) is 19.1 Å². The first-order valence-corrected chi connectivity index (χ1v) is 7.16. The number of rotatable bonds is 5. The molecule has 0 saturated carbocycles. The van der Waals surface area contributed by atoms with Crippen molar-refractivity contribution in [3.8, 4) is 0 Å². The van der Waals surface area contributed by atoms with Gasteiger partial charge >= 0.3 is 6.03 Å². The van der Waals surface area contributed by atoms with Crippen LogP contribution < -0.4 is 5.73 Å². The van der Waals surface area contributed by atoms with Crippen LogP contribution in [-0.4, -0.2) is 28.4 Å². The summed E-state index contributed by atoms with van der Waals surface area (Å²) in [5.74, 6) is -0.253. The summed E-state index contributed by atoms with van der Waals surface area (Å²) < 4.78 is 18.8. The van der Waals surface area contributed by atoms with E-state index in [-0.39, 0.29) is 24.1 Å². The highest BCUT2D eigenvalue weighted by molar-refractivity contribution is 5.70. The van der Waals surface area contributed by atoms with E-state index in [1.165, 1.54) is 12.1 Å². The SMILES string of the molecule is C[C@@H](CC[C@@H]1CCC(c2ccc(F)cc2)O1)N(O)C(N)=O. The molecule has 1 aliphatic heterocycles. The van der Waals surface area contributed by atoms with Gasteiger partial charge in [-0.15, -0.1) is 0 Å². The molecule has 2 amide bonds. The molecule has 0 bridgehead atoms. The molecule has 0 aromatic heterocycles. The third-order valence-corrected chi connectivity index (χ3v) is 3.90. The van der Waals surface area contributed by atoms with Crippen LogP contribution in [0.15, 0.2) is 24.3 Å². The number of carbonyl (C=O) groups is 1. The zero-order valence-corrected chi connectivity index (χ0v) is 12.0. The Morgan fingerprint density at radius 2 is 2.14 bits per heavy atom. The van der Waals surface area contributed by atoms with Crippen LogP contribution >= 0.6 is 0 Å². The molecule has 5 nitrogen and oxygen atoms in total. The first-order valence-electron chi connectivity index (χ1n) is 7.16. The van der Waals surface area contributed by atoms with Gasteiger partial charge in [0.2, 0.25) is 0 Å². The summed E-state index contributed by atoms with van der Waals surface area (Å²) in [4.78, 5) is 10.8. The second-order valence-electron chi connectivity index (χ2n) is 5.48. The van der Waals surface area contributed by atoms with Crippen molar-refractivity contribution in [3.05, 3.63) is 35.6 Å². The van der Waals surface area contributed by atoms with Gasteiger partial charge in [0.05, 0.1) is 18.2 Å². The Bertz CT molecular complexity index is 480. The highest BCUT2D eigenvalue weighted by Crippen LogP contribution is 2.34. The number of nitrogens with zero attached hydrogens (tertiary/aromatic N) is 1. The van der Waals surface area contributed by atoms with Gasteiger partial charge in [-0.3, -0.25) is 5.21 Å². The predicted molar refractivity (Wildman–Crippen MR) is 75.2 cm³/mol. The summed E-state index contributed by atoms with van der Waals surface area (Å²) in [5, 5.41) is 9.96. The average Bonchev–Trinajstić information content (AvgIpc) is 2.93. The Morgan fingerprint density at radius 3 is 2.76 bits per heavy atom. The van der Waals surface area contributed by atoms with Gasteiger partial charge in [-0.25, -0.2) is 14.2 Å². The van der Waals surface area contributed by atoms with Crippen molar-refractivity contribution in [3.63, 3.8) is 0 Å². The van der Waals surface area contributed by atoms with E-state index in [1.807, 2.05) is 0 Å². The van der Waals surface area contributed by atoms with Crippen molar-refractivity contribution in [2.75, 3.05) is 0 Å². The molecular weight excluding hydrogens is 275 g/mol. The van der Waals surface area contributed by atoms with Crippen LogP contribution in [0.1, 0.15) is 44.3 Å². The summed E-state index contributed by atoms with van der Waals surface area (Å²) in [6, 6.07) is 5.17. The highest BCUT2D eigenvalue weighted by Gasteiger charge is 2.27. The van der Waals surface area contributed by atoms with Crippen LogP contribution in [0.25, 0.3) is 0 Å². The topological polar surface area (TPSA) is 75.8 Å². The van der Waals surface area contributed by atoms with Crippen molar-refractivity contribution < 1.29 is 19.1 Å². The summed E-state index contributed by atoms with van der Waals surface area (Å²) in [6.45, 7) is 1.73. The summed E-state index contributed by atoms with van der Waals surface area (Å²) >= 11 is 0. The monoisotopic (exact) mass is 296 g/mol. The zero-order chi connectivity index (χ0) is 15.4. The van der Waals surface area contributed by atoms with Crippen LogP contribution in [0.2, 0.25) is 0 Å². The number of halogens is 1. The number of benzene rings is 1. The minimum absolute atomic E-state index is 0.00715. The lowest BCUT2D eigenvalue weighted by molar-refractivity contribution is -0.0753. The van der Waals surface area contributed by atoms with Crippen molar-refractivity contribution in [1.29, 1.82) is 0 Å². The van der Waals surface area contributed by atoms with Gasteiger partial charge < -0.3 is 10.5 Å². The number of carbonyl (C=O) groups excluding carboxylic acids is 1. The summed E-state index contributed by atoms with van der Waals surface area (Å²) in [7, 11) is 0. The van der Waals surface area contributed by atoms with Crippen LogP contribution in [0.5, 0.6) is 0 Å². The first-order chi connectivity index (χ1) is 9.97. The molecule has 21 heavy (non-hydrogen) atoms. The molecular formula is C15H21FN2O3. The van der Waals surface area contributed by atoms with E-state index >= 15 is 0 Å². The smallest absolute Gasteiger partial charge is 0.338 e. The maximum atomic E-state index is 12.9. The van der Waals surface area contributed by atoms with Crippen LogP contribution in [0.4, 0.5) is 9.18 Å². The molecule has 1 aromatic rings. The van der Waals surface area contributed by atoms with Crippen molar-refractivity contribution in [2.45, 2.75) is 50.9 Å². The van der Waals surface area contributed by atoms with E-state index in [0.29, 0.717) is 11.5 Å². The quantitative estimate of drug-likeness (QED) is 0.648. The van der Waals surface area contributed by atoms with Gasteiger partial charge in [-0.1, -0.05) is 12.1 Å². The number of ether oxygens (including phenoxy) is 1.